The minimum absolute atomic E-state index is 0.0523. The predicted molar refractivity (Wildman–Crippen MR) is 122 cm³/mol. The van der Waals surface area contributed by atoms with Crippen LogP contribution < -0.4 is 20.1 Å². The number of methoxy groups -OCH3 is 1. The minimum atomic E-state index is -4.13. The number of amides is 3. The Morgan fingerprint density at radius 1 is 1.03 bits per heavy atom. The molecule has 2 rings (SSSR count). The fourth-order valence-electron chi connectivity index (χ4n) is 2.43. The number of carbonyl (C=O) groups excluding carboxylic acids is 3. The van der Waals surface area contributed by atoms with Crippen molar-refractivity contribution in [1.29, 1.82) is 0 Å². The predicted octanol–water partition coefficient (Wildman–Crippen LogP) is 1.91. The third-order valence-corrected chi connectivity index (χ3v) is 5.11. The van der Waals surface area contributed by atoms with Crippen molar-refractivity contribution in [3.05, 3.63) is 48.5 Å². The number of anilines is 1. The van der Waals surface area contributed by atoms with Crippen molar-refractivity contribution in [2.75, 3.05) is 25.6 Å². The molecule has 0 saturated heterocycles. The SMILES string of the molecule is CCOCC(=O)NC(=Nc1ccc(OS(=O)(=O)c2ccccc2)cc1NC(C)=O)NC(=O)OC. The Morgan fingerprint density at radius 2 is 1.74 bits per heavy atom. The summed E-state index contributed by atoms with van der Waals surface area (Å²) in [6, 6.07) is 11.4. The first-order valence-corrected chi connectivity index (χ1v) is 11.3. The Morgan fingerprint density at radius 3 is 2.35 bits per heavy atom. The lowest BCUT2D eigenvalue weighted by Gasteiger charge is -2.13. The zero-order valence-electron chi connectivity index (χ0n) is 18.7. The number of hydrogen-bond acceptors (Lipinski definition) is 9. The van der Waals surface area contributed by atoms with E-state index in [0.717, 1.165) is 7.11 Å². The summed E-state index contributed by atoms with van der Waals surface area (Å²) in [5.74, 6) is -1.50. The van der Waals surface area contributed by atoms with Crippen LogP contribution in [0.1, 0.15) is 13.8 Å². The quantitative estimate of drug-likeness (QED) is 0.286. The van der Waals surface area contributed by atoms with Crippen LogP contribution in [0.5, 0.6) is 5.75 Å². The standard InChI is InChI=1S/C21H24N4O8S/c1-4-32-13-19(27)24-20(25-21(28)31-3)23-17-11-10-15(12-18(17)22-14(2)26)33-34(29,30)16-8-6-5-7-9-16/h5-12H,4,13H2,1-3H3,(H,22,26)(H2,23,24,25,27,28). The number of carbonyl (C=O) groups is 3. The third kappa shape index (κ3) is 8.18. The van der Waals surface area contributed by atoms with Crippen LogP contribution in [-0.2, 0) is 29.2 Å². The Balaban J connectivity index is 2.40. The van der Waals surface area contributed by atoms with Crippen LogP contribution in [0.15, 0.2) is 58.4 Å². The Hall–Kier alpha value is -3.97. The molecule has 3 amide bonds. The van der Waals surface area contributed by atoms with Crippen LogP contribution in [-0.4, -0.2) is 52.6 Å². The summed E-state index contributed by atoms with van der Waals surface area (Å²) in [5, 5.41) is 7.09. The molecule has 0 aliphatic rings. The first kappa shape index (κ1) is 26.3. The molecule has 0 fully saturated rings. The second-order valence-corrected chi connectivity index (χ2v) is 8.02. The molecule has 12 nitrogen and oxygen atoms in total. The molecule has 34 heavy (non-hydrogen) atoms. The lowest BCUT2D eigenvalue weighted by atomic mass is 10.2. The first-order valence-electron chi connectivity index (χ1n) is 9.87. The van der Waals surface area contributed by atoms with Crippen LogP contribution in [0, 0.1) is 0 Å². The van der Waals surface area contributed by atoms with E-state index in [2.05, 4.69) is 25.7 Å². The molecule has 3 N–H and O–H groups in total. The maximum absolute atomic E-state index is 12.5. The van der Waals surface area contributed by atoms with Gasteiger partial charge in [0.2, 0.25) is 11.9 Å². The number of ether oxygens (including phenoxy) is 2. The molecular formula is C21H24N4O8S. The molecule has 0 heterocycles. The van der Waals surface area contributed by atoms with Crippen molar-refractivity contribution in [3.63, 3.8) is 0 Å². The average Bonchev–Trinajstić information content (AvgIpc) is 2.79. The largest absolute Gasteiger partial charge is 0.453 e. The molecule has 13 heteroatoms. The normalized spacial score (nSPS) is 11.3. The molecule has 0 spiro atoms. The minimum Gasteiger partial charge on any atom is -0.453 e. The van der Waals surface area contributed by atoms with Gasteiger partial charge in [0.25, 0.3) is 5.91 Å². The van der Waals surface area contributed by atoms with Crippen LogP contribution in [0.3, 0.4) is 0 Å². The maximum atomic E-state index is 12.5. The highest BCUT2D eigenvalue weighted by molar-refractivity contribution is 7.87. The number of rotatable bonds is 8. The molecule has 2 aromatic carbocycles. The van der Waals surface area contributed by atoms with Crippen molar-refractivity contribution < 1.29 is 36.5 Å². The van der Waals surface area contributed by atoms with Gasteiger partial charge in [-0.1, -0.05) is 18.2 Å². The van der Waals surface area contributed by atoms with Crippen molar-refractivity contribution in [1.82, 2.24) is 10.6 Å². The van der Waals surface area contributed by atoms with E-state index < -0.39 is 28.0 Å². The topological polar surface area (TPSA) is 161 Å². The number of hydrogen-bond donors (Lipinski definition) is 3. The van der Waals surface area contributed by atoms with Gasteiger partial charge in [0.1, 0.15) is 17.3 Å². The zero-order valence-corrected chi connectivity index (χ0v) is 19.5. The van der Waals surface area contributed by atoms with Crippen molar-refractivity contribution >= 4 is 45.4 Å². The number of nitrogens with zero attached hydrogens (tertiary/aromatic N) is 1. The smallest absolute Gasteiger partial charge is 0.413 e. The fourth-order valence-corrected chi connectivity index (χ4v) is 3.38. The highest BCUT2D eigenvalue weighted by Crippen LogP contribution is 2.31. The monoisotopic (exact) mass is 492 g/mol. The van der Waals surface area contributed by atoms with Gasteiger partial charge in [-0.2, -0.15) is 8.42 Å². The lowest BCUT2D eigenvalue weighted by molar-refractivity contribution is -0.124. The van der Waals surface area contributed by atoms with E-state index in [0.29, 0.717) is 6.61 Å². The van der Waals surface area contributed by atoms with Gasteiger partial charge in [0.05, 0.1) is 18.5 Å². The van der Waals surface area contributed by atoms with E-state index in [-0.39, 0.29) is 34.6 Å². The van der Waals surface area contributed by atoms with E-state index in [1.165, 1.54) is 37.3 Å². The molecule has 0 aliphatic carbocycles. The fraction of sp³-hybridized carbons (Fsp3) is 0.238. The van der Waals surface area contributed by atoms with Gasteiger partial charge in [-0.15, -0.1) is 0 Å². The number of benzene rings is 2. The zero-order chi connectivity index (χ0) is 25.1. The molecule has 0 aromatic heterocycles. The first-order chi connectivity index (χ1) is 16.1. The molecule has 0 aliphatic heterocycles. The lowest BCUT2D eigenvalue weighted by Crippen LogP contribution is -2.45. The number of guanidine groups is 1. The maximum Gasteiger partial charge on any atom is 0.413 e. The highest BCUT2D eigenvalue weighted by atomic mass is 32.2. The molecule has 2 aromatic rings. The van der Waals surface area contributed by atoms with Crippen LogP contribution in [0.25, 0.3) is 0 Å². The van der Waals surface area contributed by atoms with Gasteiger partial charge in [-0.25, -0.2) is 9.79 Å². The summed E-state index contributed by atoms with van der Waals surface area (Å²) in [7, 11) is -3.01. The Bertz CT molecular complexity index is 1170. The molecule has 0 atom stereocenters. The Kier molecular flexibility index (Phi) is 9.52. The summed E-state index contributed by atoms with van der Waals surface area (Å²) >= 11 is 0. The highest BCUT2D eigenvalue weighted by Gasteiger charge is 2.18. The van der Waals surface area contributed by atoms with Crippen LogP contribution in [0.4, 0.5) is 16.2 Å². The van der Waals surface area contributed by atoms with Crippen molar-refractivity contribution in [3.8, 4) is 5.75 Å². The van der Waals surface area contributed by atoms with E-state index >= 15 is 0 Å². The van der Waals surface area contributed by atoms with Gasteiger partial charge in [-0.3, -0.25) is 20.2 Å². The van der Waals surface area contributed by atoms with Gasteiger partial charge < -0.3 is 19.0 Å². The number of nitrogens with one attached hydrogen (secondary N) is 3. The molecule has 0 saturated carbocycles. The van der Waals surface area contributed by atoms with Crippen LogP contribution >= 0.6 is 0 Å². The van der Waals surface area contributed by atoms with Crippen molar-refractivity contribution in [2.24, 2.45) is 4.99 Å². The van der Waals surface area contributed by atoms with Crippen molar-refractivity contribution in [2.45, 2.75) is 18.7 Å². The van der Waals surface area contributed by atoms with E-state index in [1.54, 1.807) is 25.1 Å². The Labute approximate surface area is 196 Å². The average molecular weight is 493 g/mol. The van der Waals surface area contributed by atoms with E-state index in [9.17, 15) is 22.8 Å². The summed E-state index contributed by atoms with van der Waals surface area (Å²) in [6.07, 6.45) is -0.912. The summed E-state index contributed by atoms with van der Waals surface area (Å²) in [5.41, 5.74) is 0.124. The molecule has 182 valence electrons. The second-order valence-electron chi connectivity index (χ2n) is 6.47. The van der Waals surface area contributed by atoms with E-state index in [4.69, 9.17) is 8.92 Å². The number of aliphatic imine (C=N–C) groups is 1. The van der Waals surface area contributed by atoms with Gasteiger partial charge in [0, 0.05) is 19.6 Å². The molecule has 0 radical (unpaired) electrons. The van der Waals surface area contributed by atoms with Gasteiger partial charge >= 0.3 is 16.2 Å². The van der Waals surface area contributed by atoms with Gasteiger partial charge in [-0.05, 0) is 31.2 Å². The van der Waals surface area contributed by atoms with Gasteiger partial charge in [0.15, 0.2) is 0 Å². The molecule has 0 unspecified atom stereocenters. The third-order valence-electron chi connectivity index (χ3n) is 3.85. The van der Waals surface area contributed by atoms with Crippen LogP contribution in [0.2, 0.25) is 0 Å². The van der Waals surface area contributed by atoms with E-state index in [1.807, 2.05) is 0 Å². The number of alkyl carbamates (subject to hydrolysis) is 1. The summed E-state index contributed by atoms with van der Waals surface area (Å²) in [6.45, 7) is 2.95. The summed E-state index contributed by atoms with van der Waals surface area (Å²) < 4.78 is 39.7. The molecule has 0 bridgehead atoms. The molecular weight excluding hydrogens is 468 g/mol. The second kappa shape index (κ2) is 12.3. The summed E-state index contributed by atoms with van der Waals surface area (Å²) in [4.78, 5) is 39.5.